The number of aryl methyl sites for hydroxylation is 3. The highest BCUT2D eigenvalue weighted by Gasteiger charge is 2.26. The number of aliphatic hydroxyl groups is 2. The molecule has 0 bridgehead atoms. The Morgan fingerprint density at radius 1 is 0.682 bits per heavy atom. The molecule has 7 aromatic rings. The molecular formula is C49H55BrFN11O4. The van der Waals surface area contributed by atoms with E-state index in [-0.39, 0.29) is 17.6 Å². The molecular weight excluding hydrogens is 906 g/mol. The zero-order valence-corrected chi connectivity index (χ0v) is 39.6. The maximum Gasteiger partial charge on any atom is 0.251 e. The Morgan fingerprint density at radius 2 is 1.17 bits per heavy atom. The van der Waals surface area contributed by atoms with Crippen LogP contribution in [0.25, 0.3) is 33.8 Å². The standard InChI is InChI=1S/C28H31FN6O2.C21H24BrN5O2/c1-16-11-18(5-9-21(16)27(36)33-19-6-7-19)24-14-30-26-23(31-15-28(3,4)37)13-25(34-35(24)26)32-20-8-10-22(29)17(2)12-20;1-12-8-13(4-7-15(12)20(28)25-14-5-6-14)17-10-23-19-16(24-11-21(2,3)29)9-18(22)26-27(17)19/h5,8-14,19,31,37H,6-7,15H2,1-4H3,(H,32,34)(H,33,36);4,7-10,14,24,29H,5-6,11H2,1-3H3,(H,25,28). The summed E-state index contributed by atoms with van der Waals surface area (Å²) in [6.45, 7) is 13.2. The highest BCUT2D eigenvalue weighted by molar-refractivity contribution is 9.10. The number of imidazole rings is 2. The quantitative estimate of drug-likeness (QED) is 0.0552. The van der Waals surface area contributed by atoms with Gasteiger partial charge in [-0.05, 0) is 155 Å². The summed E-state index contributed by atoms with van der Waals surface area (Å²) in [5.74, 6) is 0.173. The topological polar surface area (TPSA) is 195 Å². The minimum atomic E-state index is -0.939. The van der Waals surface area contributed by atoms with Gasteiger partial charge in [0.05, 0.1) is 46.4 Å². The fourth-order valence-electron chi connectivity index (χ4n) is 7.25. The van der Waals surface area contributed by atoms with E-state index >= 15 is 0 Å². The number of rotatable bonds is 14. The van der Waals surface area contributed by atoms with E-state index in [1.165, 1.54) is 6.07 Å². The van der Waals surface area contributed by atoms with Crippen LogP contribution in [0.4, 0.5) is 27.3 Å². The molecule has 4 heterocycles. The second kappa shape index (κ2) is 18.5. The molecule has 344 valence electrons. The summed E-state index contributed by atoms with van der Waals surface area (Å²) in [6, 6.07) is 20.5. The van der Waals surface area contributed by atoms with Gasteiger partial charge in [-0.25, -0.2) is 23.4 Å². The second-order valence-electron chi connectivity index (χ2n) is 18.6. The Kier molecular flexibility index (Phi) is 12.9. The van der Waals surface area contributed by atoms with Crippen LogP contribution in [0.2, 0.25) is 0 Å². The Labute approximate surface area is 390 Å². The van der Waals surface area contributed by atoms with Gasteiger partial charge >= 0.3 is 0 Å². The summed E-state index contributed by atoms with van der Waals surface area (Å²) in [4.78, 5) is 34.1. The number of nitrogens with zero attached hydrogens (tertiary/aromatic N) is 6. The number of carbonyl (C=O) groups excluding carboxylic acids is 2. The van der Waals surface area contributed by atoms with Gasteiger partial charge in [0, 0.05) is 59.2 Å². The van der Waals surface area contributed by atoms with Crippen molar-refractivity contribution < 1.29 is 24.2 Å². The van der Waals surface area contributed by atoms with Gasteiger partial charge in [-0.3, -0.25) is 9.59 Å². The summed E-state index contributed by atoms with van der Waals surface area (Å²) in [5.41, 5.74) is 8.62. The van der Waals surface area contributed by atoms with Crippen LogP contribution in [0.5, 0.6) is 0 Å². The lowest BCUT2D eigenvalue weighted by Crippen LogP contribution is -2.29. The Morgan fingerprint density at radius 3 is 1.62 bits per heavy atom. The number of anilines is 4. The first-order valence-corrected chi connectivity index (χ1v) is 22.8. The summed E-state index contributed by atoms with van der Waals surface area (Å²) < 4.78 is 17.9. The van der Waals surface area contributed by atoms with Crippen LogP contribution in [0.15, 0.2) is 83.7 Å². The van der Waals surface area contributed by atoms with E-state index in [4.69, 9.17) is 5.10 Å². The van der Waals surface area contributed by atoms with Crippen LogP contribution in [-0.2, 0) is 0 Å². The number of halogens is 2. The zero-order chi connectivity index (χ0) is 47.1. The average Bonchev–Trinajstić information content (AvgIpc) is 4.16. The predicted molar refractivity (Wildman–Crippen MR) is 259 cm³/mol. The van der Waals surface area contributed by atoms with Crippen LogP contribution < -0.4 is 26.6 Å². The summed E-state index contributed by atoms with van der Waals surface area (Å²) in [7, 11) is 0. The highest BCUT2D eigenvalue weighted by atomic mass is 79.9. The van der Waals surface area contributed by atoms with E-state index in [1.54, 1.807) is 68.2 Å². The second-order valence-corrected chi connectivity index (χ2v) is 19.4. The van der Waals surface area contributed by atoms with Gasteiger partial charge < -0.3 is 36.8 Å². The van der Waals surface area contributed by atoms with Crippen molar-refractivity contribution in [3.63, 3.8) is 0 Å². The first kappa shape index (κ1) is 46.1. The fraction of sp³-hybridized carbons (Fsp3) is 0.347. The molecule has 66 heavy (non-hydrogen) atoms. The van der Waals surface area contributed by atoms with Gasteiger partial charge in [-0.1, -0.05) is 12.1 Å². The molecule has 2 aliphatic rings. The molecule has 0 unspecified atom stereocenters. The van der Waals surface area contributed by atoms with E-state index in [1.807, 2.05) is 62.4 Å². The van der Waals surface area contributed by atoms with E-state index < -0.39 is 11.2 Å². The van der Waals surface area contributed by atoms with Gasteiger partial charge in [0.1, 0.15) is 10.4 Å². The predicted octanol–water partition coefficient (Wildman–Crippen LogP) is 8.51. The lowest BCUT2D eigenvalue weighted by atomic mass is 10.0. The number of nitrogens with one attached hydrogen (secondary N) is 5. The minimum Gasteiger partial charge on any atom is -0.389 e. The van der Waals surface area contributed by atoms with Crippen molar-refractivity contribution >= 4 is 61.9 Å². The van der Waals surface area contributed by atoms with Crippen LogP contribution in [0, 0.1) is 26.6 Å². The molecule has 3 aromatic carbocycles. The third-order valence-electron chi connectivity index (χ3n) is 11.1. The van der Waals surface area contributed by atoms with Gasteiger partial charge in [0.2, 0.25) is 0 Å². The molecule has 0 radical (unpaired) electrons. The zero-order valence-electron chi connectivity index (χ0n) is 38.1. The number of carbonyl (C=O) groups is 2. The molecule has 0 atom stereocenters. The minimum absolute atomic E-state index is 0.0198. The lowest BCUT2D eigenvalue weighted by Gasteiger charge is -2.19. The van der Waals surface area contributed by atoms with Gasteiger partial charge in [-0.2, -0.15) is 5.10 Å². The average molecular weight is 961 g/mol. The SMILES string of the molecule is Cc1cc(-c2cnc3c(NCC(C)(C)O)cc(Br)nn23)ccc1C(=O)NC1CC1.Cc1cc(Nc2cc(NCC(C)(C)O)c3ncc(-c4ccc(C(=O)NC5CC5)c(C)c4)n3n2)ccc1F. The summed E-state index contributed by atoms with van der Waals surface area (Å²) >= 11 is 3.45. The highest BCUT2D eigenvalue weighted by Crippen LogP contribution is 2.31. The molecule has 0 spiro atoms. The van der Waals surface area contributed by atoms with Gasteiger partial charge in [0.25, 0.3) is 11.8 Å². The number of fused-ring (bicyclic) bond motifs is 2. The molecule has 2 amide bonds. The van der Waals surface area contributed by atoms with Crippen LogP contribution in [0.1, 0.15) is 90.8 Å². The maximum atomic E-state index is 13.8. The first-order valence-electron chi connectivity index (χ1n) is 22.0. The molecule has 0 saturated heterocycles. The lowest BCUT2D eigenvalue weighted by molar-refractivity contribution is 0.0939. The Balaban J connectivity index is 0.000000185. The van der Waals surface area contributed by atoms with Crippen LogP contribution >= 0.6 is 15.9 Å². The van der Waals surface area contributed by atoms with E-state index in [2.05, 4.69) is 57.6 Å². The van der Waals surface area contributed by atoms with E-state index in [9.17, 15) is 24.2 Å². The van der Waals surface area contributed by atoms with Crippen molar-refractivity contribution in [2.24, 2.45) is 0 Å². The van der Waals surface area contributed by atoms with Gasteiger partial charge in [-0.15, -0.1) is 5.10 Å². The van der Waals surface area contributed by atoms with Crippen molar-refractivity contribution in [3.05, 3.63) is 117 Å². The third kappa shape index (κ3) is 11.1. The Hall–Kier alpha value is -6.43. The number of aromatic nitrogens is 6. The molecule has 15 nitrogen and oxygen atoms in total. The molecule has 2 saturated carbocycles. The molecule has 0 aliphatic heterocycles. The van der Waals surface area contributed by atoms with Crippen molar-refractivity contribution in [2.45, 2.75) is 97.4 Å². The van der Waals surface area contributed by atoms with E-state index in [0.717, 1.165) is 65.0 Å². The van der Waals surface area contributed by atoms with Crippen molar-refractivity contribution in [1.29, 1.82) is 0 Å². The Bertz CT molecular complexity index is 2960. The summed E-state index contributed by atoms with van der Waals surface area (Å²) in [5, 5.41) is 45.4. The molecule has 2 aliphatic carbocycles. The van der Waals surface area contributed by atoms with Crippen molar-refractivity contribution in [2.75, 3.05) is 29.0 Å². The third-order valence-corrected chi connectivity index (χ3v) is 11.5. The first-order chi connectivity index (χ1) is 31.3. The number of amides is 2. The molecule has 17 heteroatoms. The smallest absolute Gasteiger partial charge is 0.251 e. The van der Waals surface area contributed by atoms with E-state index in [0.29, 0.717) is 75.0 Å². The maximum absolute atomic E-state index is 13.8. The van der Waals surface area contributed by atoms with Crippen LogP contribution in [0.3, 0.4) is 0 Å². The fourth-order valence-corrected chi connectivity index (χ4v) is 7.64. The monoisotopic (exact) mass is 959 g/mol. The molecule has 9 rings (SSSR count). The van der Waals surface area contributed by atoms with Crippen molar-refractivity contribution in [3.8, 4) is 22.5 Å². The number of hydrogen-bond donors (Lipinski definition) is 7. The molecule has 7 N–H and O–H groups in total. The van der Waals surface area contributed by atoms with Crippen LogP contribution in [-0.4, -0.2) is 87.6 Å². The summed E-state index contributed by atoms with van der Waals surface area (Å²) in [6.07, 6.45) is 7.71. The number of benzene rings is 3. The van der Waals surface area contributed by atoms with Crippen molar-refractivity contribution in [1.82, 2.24) is 39.8 Å². The largest absolute Gasteiger partial charge is 0.389 e. The molecule has 2 fully saturated rings. The van der Waals surface area contributed by atoms with Gasteiger partial charge in [0.15, 0.2) is 17.1 Å². The normalized spacial score (nSPS) is 13.9. The number of hydrogen-bond acceptors (Lipinski definition) is 11. The molecule has 4 aromatic heterocycles.